The van der Waals surface area contributed by atoms with Crippen LogP contribution >= 0.6 is 11.3 Å². The molecule has 0 spiro atoms. The second-order valence-electron chi connectivity index (χ2n) is 4.51. The first-order valence-electron chi connectivity index (χ1n) is 6.15. The minimum Gasteiger partial charge on any atom is -0.397 e. The molecule has 0 saturated carbocycles. The van der Waals surface area contributed by atoms with Gasteiger partial charge in [0.2, 0.25) is 0 Å². The van der Waals surface area contributed by atoms with Crippen LogP contribution in [-0.2, 0) is 0 Å². The predicted molar refractivity (Wildman–Crippen MR) is 79.4 cm³/mol. The van der Waals surface area contributed by atoms with E-state index < -0.39 is 0 Å². The molecule has 1 aliphatic rings. The quantitative estimate of drug-likeness (QED) is 0.594. The van der Waals surface area contributed by atoms with Gasteiger partial charge < -0.3 is 22.1 Å². The van der Waals surface area contributed by atoms with Gasteiger partial charge in [0.1, 0.15) is 0 Å². The molecule has 1 aromatic heterocycles. The van der Waals surface area contributed by atoms with E-state index in [1.165, 1.54) is 0 Å². The monoisotopic (exact) mass is 264 g/mol. The van der Waals surface area contributed by atoms with Crippen LogP contribution in [0.15, 0.2) is 34.3 Å². The van der Waals surface area contributed by atoms with Crippen LogP contribution in [0.25, 0.3) is 0 Å². The fraction of sp³-hybridized carbons (Fsp3) is 0.385. The van der Waals surface area contributed by atoms with Gasteiger partial charge in [-0.2, -0.15) is 0 Å². The van der Waals surface area contributed by atoms with Gasteiger partial charge in [0.15, 0.2) is 0 Å². The molecule has 1 heterocycles. The molecule has 18 heavy (non-hydrogen) atoms. The van der Waals surface area contributed by atoms with Gasteiger partial charge in [-0.1, -0.05) is 19.1 Å². The van der Waals surface area contributed by atoms with Crippen molar-refractivity contribution in [1.82, 2.24) is 5.32 Å². The molecule has 2 rings (SSSR count). The van der Waals surface area contributed by atoms with Gasteiger partial charge in [0, 0.05) is 23.8 Å². The summed E-state index contributed by atoms with van der Waals surface area (Å²) < 4.78 is 0. The first-order valence-corrected chi connectivity index (χ1v) is 7.10. The number of rotatable bonds is 6. The largest absolute Gasteiger partial charge is 0.397 e. The van der Waals surface area contributed by atoms with Crippen LogP contribution in [0.3, 0.4) is 0 Å². The van der Waals surface area contributed by atoms with Gasteiger partial charge in [0.05, 0.1) is 22.8 Å². The maximum Gasteiger partial charge on any atom is 0.0682 e. The lowest BCUT2D eigenvalue weighted by Gasteiger charge is -2.09. The Labute approximate surface area is 112 Å². The van der Waals surface area contributed by atoms with Crippen molar-refractivity contribution < 1.29 is 0 Å². The first kappa shape index (κ1) is 12.8. The Hall–Kier alpha value is -1.62. The van der Waals surface area contributed by atoms with E-state index in [2.05, 4.69) is 29.7 Å². The predicted octanol–water partition coefficient (Wildman–Crippen LogP) is 2.10. The maximum absolute atomic E-state index is 5.88. The molecule has 5 heteroatoms. The zero-order chi connectivity index (χ0) is 13.0. The lowest BCUT2D eigenvalue weighted by Crippen LogP contribution is -2.20. The second-order valence-corrected chi connectivity index (χ2v) is 5.25. The molecule has 0 bridgehead atoms. The number of anilines is 2. The van der Waals surface area contributed by atoms with Gasteiger partial charge in [-0.3, -0.25) is 0 Å². The fourth-order valence-electron chi connectivity index (χ4n) is 1.93. The molecule has 1 aromatic rings. The van der Waals surface area contributed by atoms with E-state index in [4.69, 9.17) is 11.5 Å². The minimum atomic E-state index is 0.441. The van der Waals surface area contributed by atoms with Crippen molar-refractivity contribution in [2.24, 2.45) is 11.7 Å². The van der Waals surface area contributed by atoms with E-state index in [-0.39, 0.29) is 0 Å². The summed E-state index contributed by atoms with van der Waals surface area (Å²) >= 11 is 1.61. The van der Waals surface area contributed by atoms with Crippen LogP contribution in [0.1, 0.15) is 13.3 Å². The maximum atomic E-state index is 5.88. The van der Waals surface area contributed by atoms with Crippen molar-refractivity contribution in [1.29, 1.82) is 0 Å². The standard InChI is InChI=1S/C13H20N4S/c1-9-5-10(14)12(6-9)16-3-2-4-17-13-8-18-7-11(13)15/h5-9,16-17H,2-4,14-15H2,1H3. The number of nitrogens with one attached hydrogen (secondary N) is 2. The third-order valence-electron chi connectivity index (χ3n) is 2.86. The third kappa shape index (κ3) is 3.20. The number of nitrogens with two attached hydrogens (primary N) is 2. The number of hydrogen-bond donors (Lipinski definition) is 4. The molecular formula is C13H20N4S. The van der Waals surface area contributed by atoms with Crippen LogP contribution < -0.4 is 22.1 Å². The Balaban J connectivity index is 1.64. The van der Waals surface area contributed by atoms with Crippen molar-refractivity contribution in [2.45, 2.75) is 13.3 Å². The first-order chi connectivity index (χ1) is 8.66. The summed E-state index contributed by atoms with van der Waals surface area (Å²) in [7, 11) is 0. The van der Waals surface area contributed by atoms with Crippen LogP contribution in [0.5, 0.6) is 0 Å². The lowest BCUT2D eigenvalue weighted by molar-refractivity contribution is 0.750. The topological polar surface area (TPSA) is 76.1 Å². The Morgan fingerprint density at radius 1 is 1.17 bits per heavy atom. The van der Waals surface area contributed by atoms with Crippen LogP contribution in [0.2, 0.25) is 0 Å². The summed E-state index contributed by atoms with van der Waals surface area (Å²) in [6, 6.07) is 0. The normalized spacial score (nSPS) is 18.4. The number of allylic oxidation sites excluding steroid dienone is 2. The van der Waals surface area contributed by atoms with Crippen molar-refractivity contribution >= 4 is 22.7 Å². The number of nitrogen functional groups attached to an aromatic ring is 1. The van der Waals surface area contributed by atoms with Gasteiger partial charge in [-0.05, 0) is 12.3 Å². The molecule has 1 aliphatic carbocycles. The molecule has 0 saturated heterocycles. The lowest BCUT2D eigenvalue weighted by atomic mass is 10.2. The Morgan fingerprint density at radius 2 is 1.94 bits per heavy atom. The fourth-order valence-corrected chi connectivity index (χ4v) is 2.62. The van der Waals surface area contributed by atoms with Crippen molar-refractivity contribution in [3.8, 4) is 0 Å². The Kier molecular flexibility index (Phi) is 4.15. The number of hydrogen-bond acceptors (Lipinski definition) is 5. The molecule has 4 nitrogen and oxygen atoms in total. The minimum absolute atomic E-state index is 0.441. The van der Waals surface area contributed by atoms with E-state index >= 15 is 0 Å². The molecule has 1 atom stereocenters. The molecule has 0 fully saturated rings. The van der Waals surface area contributed by atoms with E-state index in [0.717, 1.165) is 42.3 Å². The van der Waals surface area contributed by atoms with E-state index in [9.17, 15) is 0 Å². The molecule has 98 valence electrons. The molecule has 1 unspecified atom stereocenters. The highest BCUT2D eigenvalue weighted by molar-refractivity contribution is 7.08. The van der Waals surface area contributed by atoms with Crippen LogP contribution in [0.4, 0.5) is 11.4 Å². The summed E-state index contributed by atoms with van der Waals surface area (Å²) in [5.41, 5.74) is 15.5. The molecule has 0 amide bonds. The average molecular weight is 264 g/mol. The van der Waals surface area contributed by atoms with Gasteiger partial charge in [-0.15, -0.1) is 11.3 Å². The molecule has 0 radical (unpaired) electrons. The zero-order valence-electron chi connectivity index (χ0n) is 10.6. The van der Waals surface area contributed by atoms with Crippen LogP contribution in [-0.4, -0.2) is 13.1 Å². The molecule has 0 aromatic carbocycles. The average Bonchev–Trinajstić information content (AvgIpc) is 2.86. The summed E-state index contributed by atoms with van der Waals surface area (Å²) in [6.07, 6.45) is 5.24. The van der Waals surface area contributed by atoms with Crippen molar-refractivity contribution in [3.63, 3.8) is 0 Å². The smallest absolute Gasteiger partial charge is 0.0682 e. The highest BCUT2D eigenvalue weighted by Gasteiger charge is 2.10. The molecular weight excluding hydrogens is 244 g/mol. The summed E-state index contributed by atoms with van der Waals surface area (Å²) in [4.78, 5) is 0. The zero-order valence-corrected chi connectivity index (χ0v) is 11.4. The second kappa shape index (κ2) is 5.82. The molecule has 6 N–H and O–H groups in total. The number of thiophene rings is 1. The Bertz CT molecular complexity index is 461. The van der Waals surface area contributed by atoms with E-state index in [1.807, 2.05) is 10.8 Å². The van der Waals surface area contributed by atoms with Crippen LogP contribution in [0, 0.1) is 5.92 Å². The highest BCUT2D eigenvalue weighted by atomic mass is 32.1. The summed E-state index contributed by atoms with van der Waals surface area (Å²) in [6.45, 7) is 3.94. The summed E-state index contributed by atoms with van der Waals surface area (Å²) in [5, 5.41) is 10.6. The van der Waals surface area contributed by atoms with Crippen molar-refractivity contribution in [3.05, 3.63) is 34.3 Å². The van der Waals surface area contributed by atoms with E-state index in [0.29, 0.717) is 5.92 Å². The van der Waals surface area contributed by atoms with E-state index in [1.54, 1.807) is 11.3 Å². The Morgan fingerprint density at radius 3 is 2.56 bits per heavy atom. The van der Waals surface area contributed by atoms with Gasteiger partial charge in [-0.25, -0.2) is 0 Å². The van der Waals surface area contributed by atoms with Gasteiger partial charge >= 0.3 is 0 Å². The van der Waals surface area contributed by atoms with Gasteiger partial charge in [0.25, 0.3) is 0 Å². The highest BCUT2D eigenvalue weighted by Crippen LogP contribution is 2.22. The third-order valence-corrected chi connectivity index (χ3v) is 3.62. The SMILES string of the molecule is CC1C=C(N)C(NCCCNc2cscc2N)=C1. The summed E-state index contributed by atoms with van der Waals surface area (Å²) in [5.74, 6) is 0.441. The van der Waals surface area contributed by atoms with Crippen molar-refractivity contribution in [2.75, 3.05) is 24.1 Å². The molecule has 0 aliphatic heterocycles.